The van der Waals surface area contributed by atoms with Gasteiger partial charge in [0.15, 0.2) is 0 Å². The summed E-state index contributed by atoms with van der Waals surface area (Å²) in [5.41, 5.74) is 4.66. The number of furan rings is 1. The van der Waals surface area contributed by atoms with Crippen LogP contribution in [0.5, 0.6) is 5.75 Å². The Balaban J connectivity index is 1.37. The average molecular weight is 434 g/mol. The third-order valence-electron chi connectivity index (χ3n) is 5.81. The molecule has 2 amide bonds. The number of aromatic nitrogens is 1. The first kappa shape index (κ1) is 21.6. The normalized spacial score (nSPS) is 12.9. The van der Waals surface area contributed by atoms with Gasteiger partial charge in [-0.3, -0.25) is 14.6 Å². The van der Waals surface area contributed by atoms with E-state index in [0.29, 0.717) is 44.0 Å². The molecule has 0 atom stereocenters. The van der Waals surface area contributed by atoms with Crippen LogP contribution in [0, 0.1) is 13.8 Å². The molecule has 0 spiro atoms. The monoisotopic (exact) mass is 433 g/mol. The van der Waals surface area contributed by atoms with Crippen LogP contribution in [0.25, 0.3) is 0 Å². The summed E-state index contributed by atoms with van der Waals surface area (Å²) in [5, 5.41) is 2.97. The Kier molecular flexibility index (Phi) is 6.54. The van der Waals surface area contributed by atoms with Gasteiger partial charge in [-0.25, -0.2) is 0 Å². The molecule has 1 aliphatic rings. The van der Waals surface area contributed by atoms with Crippen LogP contribution in [-0.2, 0) is 24.3 Å². The summed E-state index contributed by atoms with van der Waals surface area (Å²) in [6.45, 7) is 5.62. The van der Waals surface area contributed by atoms with Gasteiger partial charge in [-0.05, 0) is 55.2 Å². The Labute approximate surface area is 187 Å². The van der Waals surface area contributed by atoms with Gasteiger partial charge in [-0.1, -0.05) is 18.2 Å². The van der Waals surface area contributed by atoms with Crippen molar-refractivity contribution in [1.29, 1.82) is 0 Å². The number of ether oxygens (including phenoxy) is 1. The summed E-state index contributed by atoms with van der Waals surface area (Å²) in [6, 6.07) is 11.2. The van der Waals surface area contributed by atoms with Crippen LogP contribution in [0.1, 0.15) is 44.9 Å². The summed E-state index contributed by atoms with van der Waals surface area (Å²) >= 11 is 0. The number of amides is 2. The van der Waals surface area contributed by atoms with E-state index in [-0.39, 0.29) is 11.8 Å². The molecule has 0 saturated carbocycles. The number of fused-ring (bicyclic) bond motifs is 1. The molecule has 166 valence electrons. The van der Waals surface area contributed by atoms with Crippen LogP contribution in [0.3, 0.4) is 0 Å². The Morgan fingerprint density at radius 3 is 2.75 bits per heavy atom. The van der Waals surface area contributed by atoms with Crippen molar-refractivity contribution < 1.29 is 18.7 Å². The molecule has 1 aliphatic heterocycles. The summed E-state index contributed by atoms with van der Waals surface area (Å²) in [6.07, 6.45) is 4.42. The number of carbonyl (C=O) groups excluding carboxylic acids is 2. The Hall–Kier alpha value is -3.61. The van der Waals surface area contributed by atoms with Crippen molar-refractivity contribution in [2.24, 2.45) is 0 Å². The van der Waals surface area contributed by atoms with Gasteiger partial charge < -0.3 is 19.4 Å². The lowest BCUT2D eigenvalue weighted by molar-refractivity contribution is -0.132. The van der Waals surface area contributed by atoms with E-state index in [0.717, 1.165) is 29.0 Å². The van der Waals surface area contributed by atoms with Gasteiger partial charge in [0.1, 0.15) is 11.5 Å². The molecular formula is C25H27N3O4. The first-order chi connectivity index (χ1) is 15.5. The van der Waals surface area contributed by atoms with Crippen LogP contribution in [0.2, 0.25) is 0 Å². The lowest BCUT2D eigenvalue weighted by atomic mass is 9.94. The van der Waals surface area contributed by atoms with E-state index in [1.54, 1.807) is 13.0 Å². The summed E-state index contributed by atoms with van der Waals surface area (Å²) in [4.78, 5) is 31.5. The molecule has 0 aliphatic carbocycles. The molecule has 0 bridgehead atoms. The maximum absolute atomic E-state index is 12.7. The van der Waals surface area contributed by atoms with Crippen molar-refractivity contribution in [2.45, 2.75) is 39.8 Å². The zero-order valence-corrected chi connectivity index (χ0v) is 18.4. The largest absolute Gasteiger partial charge is 0.493 e. The molecule has 2 aromatic heterocycles. The molecule has 32 heavy (non-hydrogen) atoms. The second kappa shape index (κ2) is 9.68. The standard InChI is InChI=1S/C25H27N3O4/c1-17-23(15-27-25(30)21-9-12-31-18(21)2)22-8-11-28(16-19(22)14-26-17)24(29)10-13-32-20-6-4-3-5-7-20/h3-7,9,12,14H,8,10-11,13,15-16H2,1-2H3,(H,27,30). The highest BCUT2D eigenvalue weighted by atomic mass is 16.5. The minimum Gasteiger partial charge on any atom is -0.493 e. The van der Waals surface area contributed by atoms with Crippen molar-refractivity contribution in [1.82, 2.24) is 15.2 Å². The van der Waals surface area contributed by atoms with Crippen LogP contribution < -0.4 is 10.1 Å². The molecule has 1 aromatic carbocycles. The molecule has 7 nitrogen and oxygen atoms in total. The molecule has 1 N–H and O–H groups in total. The van der Waals surface area contributed by atoms with E-state index in [9.17, 15) is 9.59 Å². The molecule has 3 aromatic rings. The quantitative estimate of drug-likeness (QED) is 0.616. The average Bonchev–Trinajstić information content (AvgIpc) is 3.24. The Morgan fingerprint density at radius 1 is 1.19 bits per heavy atom. The van der Waals surface area contributed by atoms with Crippen molar-refractivity contribution in [3.63, 3.8) is 0 Å². The van der Waals surface area contributed by atoms with E-state index < -0.39 is 0 Å². The summed E-state index contributed by atoms with van der Waals surface area (Å²) in [5.74, 6) is 1.26. The van der Waals surface area contributed by atoms with E-state index in [1.807, 2.05) is 48.4 Å². The first-order valence-electron chi connectivity index (χ1n) is 10.8. The van der Waals surface area contributed by atoms with Crippen LogP contribution >= 0.6 is 0 Å². The molecule has 0 fully saturated rings. The van der Waals surface area contributed by atoms with Crippen molar-refractivity contribution in [3.05, 3.63) is 82.6 Å². The van der Waals surface area contributed by atoms with Gasteiger partial charge in [-0.2, -0.15) is 0 Å². The number of hydrogen-bond donors (Lipinski definition) is 1. The highest BCUT2D eigenvalue weighted by Gasteiger charge is 2.24. The van der Waals surface area contributed by atoms with E-state index in [4.69, 9.17) is 9.15 Å². The van der Waals surface area contributed by atoms with Crippen LogP contribution in [-0.4, -0.2) is 34.8 Å². The second-order valence-corrected chi connectivity index (χ2v) is 7.88. The predicted octanol–water partition coefficient (Wildman–Crippen LogP) is 3.58. The molecule has 0 unspecified atom stereocenters. The van der Waals surface area contributed by atoms with Gasteiger partial charge in [-0.15, -0.1) is 0 Å². The number of aryl methyl sites for hydroxylation is 2. The number of carbonyl (C=O) groups is 2. The molecule has 0 radical (unpaired) electrons. The maximum Gasteiger partial charge on any atom is 0.255 e. The number of pyridine rings is 1. The minimum atomic E-state index is -0.167. The number of nitrogens with one attached hydrogen (secondary N) is 1. The topological polar surface area (TPSA) is 84.7 Å². The lowest BCUT2D eigenvalue weighted by Crippen LogP contribution is -2.37. The van der Waals surface area contributed by atoms with Gasteiger partial charge >= 0.3 is 0 Å². The zero-order valence-electron chi connectivity index (χ0n) is 18.4. The van der Waals surface area contributed by atoms with E-state index in [1.165, 1.54) is 11.8 Å². The smallest absolute Gasteiger partial charge is 0.255 e. The fraction of sp³-hybridized carbons (Fsp3) is 0.320. The van der Waals surface area contributed by atoms with Crippen molar-refractivity contribution in [3.8, 4) is 5.75 Å². The number of para-hydroxylation sites is 1. The zero-order chi connectivity index (χ0) is 22.5. The number of benzene rings is 1. The van der Waals surface area contributed by atoms with Crippen LogP contribution in [0.4, 0.5) is 0 Å². The number of hydrogen-bond acceptors (Lipinski definition) is 5. The fourth-order valence-corrected chi connectivity index (χ4v) is 3.98. The SMILES string of the molecule is Cc1ncc2c(c1CNC(=O)c1ccoc1C)CCN(C(=O)CCOc1ccccc1)C2. The Morgan fingerprint density at radius 2 is 2.00 bits per heavy atom. The minimum absolute atomic E-state index is 0.0671. The molecule has 7 heteroatoms. The molecule has 0 saturated heterocycles. The van der Waals surface area contributed by atoms with Crippen LogP contribution in [0.15, 0.2) is 53.3 Å². The summed E-state index contributed by atoms with van der Waals surface area (Å²) in [7, 11) is 0. The van der Waals surface area contributed by atoms with Gasteiger partial charge in [0.05, 0.1) is 24.9 Å². The fourth-order valence-electron chi connectivity index (χ4n) is 3.98. The maximum atomic E-state index is 12.7. The van der Waals surface area contributed by atoms with Crippen molar-refractivity contribution >= 4 is 11.8 Å². The van der Waals surface area contributed by atoms with Gasteiger partial charge in [0, 0.05) is 31.5 Å². The molecule has 4 rings (SSSR count). The van der Waals surface area contributed by atoms with Gasteiger partial charge in [0.25, 0.3) is 5.91 Å². The third-order valence-corrected chi connectivity index (χ3v) is 5.81. The molecular weight excluding hydrogens is 406 g/mol. The predicted molar refractivity (Wildman–Crippen MR) is 119 cm³/mol. The van der Waals surface area contributed by atoms with E-state index >= 15 is 0 Å². The third kappa shape index (κ3) is 4.82. The first-order valence-corrected chi connectivity index (χ1v) is 10.8. The number of rotatable bonds is 7. The van der Waals surface area contributed by atoms with Gasteiger partial charge in [0.2, 0.25) is 5.91 Å². The van der Waals surface area contributed by atoms with E-state index in [2.05, 4.69) is 10.3 Å². The second-order valence-electron chi connectivity index (χ2n) is 7.88. The highest BCUT2D eigenvalue weighted by molar-refractivity contribution is 5.95. The number of nitrogens with zero attached hydrogens (tertiary/aromatic N) is 2. The molecule has 3 heterocycles. The Bertz CT molecular complexity index is 1110. The highest BCUT2D eigenvalue weighted by Crippen LogP contribution is 2.24. The lowest BCUT2D eigenvalue weighted by Gasteiger charge is -2.30. The summed E-state index contributed by atoms with van der Waals surface area (Å²) < 4.78 is 10.9. The van der Waals surface area contributed by atoms with Crippen molar-refractivity contribution in [2.75, 3.05) is 13.2 Å².